The molecular formula is C23H21Cl2FN2O3. The van der Waals surface area contributed by atoms with Gasteiger partial charge in [0.15, 0.2) is 5.75 Å². The maximum Gasteiger partial charge on any atom is 0.293 e. The summed E-state index contributed by atoms with van der Waals surface area (Å²) >= 11 is 11.9. The van der Waals surface area contributed by atoms with Gasteiger partial charge in [-0.3, -0.25) is 9.59 Å². The van der Waals surface area contributed by atoms with Gasteiger partial charge in [0.05, 0.1) is 21.3 Å². The second-order valence-corrected chi connectivity index (χ2v) is 8.04. The molecule has 0 unspecified atom stereocenters. The van der Waals surface area contributed by atoms with Crippen molar-refractivity contribution in [3.05, 3.63) is 85.4 Å². The number of carbonyl (C=O) groups excluding carboxylic acids is 1. The summed E-state index contributed by atoms with van der Waals surface area (Å²) in [4.78, 5) is 25.1. The minimum absolute atomic E-state index is 0.130. The van der Waals surface area contributed by atoms with Gasteiger partial charge in [0.1, 0.15) is 5.82 Å². The number of rotatable bonds is 6. The second kappa shape index (κ2) is 9.54. The van der Waals surface area contributed by atoms with Crippen LogP contribution in [-0.4, -0.2) is 22.1 Å². The van der Waals surface area contributed by atoms with Gasteiger partial charge in [-0.15, -0.1) is 0 Å². The highest BCUT2D eigenvalue weighted by molar-refractivity contribution is 6.42. The lowest BCUT2D eigenvalue weighted by atomic mass is 10.0. The van der Waals surface area contributed by atoms with Crippen molar-refractivity contribution in [2.24, 2.45) is 7.05 Å². The van der Waals surface area contributed by atoms with Gasteiger partial charge in [0.25, 0.3) is 11.5 Å². The molecule has 0 atom stereocenters. The van der Waals surface area contributed by atoms with Gasteiger partial charge in [-0.2, -0.15) is 0 Å². The Kier molecular flexibility index (Phi) is 7.03. The van der Waals surface area contributed by atoms with Crippen LogP contribution in [0.5, 0.6) is 5.75 Å². The van der Waals surface area contributed by atoms with E-state index >= 15 is 0 Å². The largest absolute Gasteiger partial charge is 0.502 e. The molecule has 2 aromatic carbocycles. The van der Waals surface area contributed by atoms with Gasteiger partial charge < -0.3 is 15.0 Å². The minimum atomic E-state index is -0.708. The highest BCUT2D eigenvalue weighted by Gasteiger charge is 2.19. The first-order valence-corrected chi connectivity index (χ1v) is 10.4. The van der Waals surface area contributed by atoms with Gasteiger partial charge in [-0.05, 0) is 72.9 Å². The molecule has 0 aliphatic rings. The van der Waals surface area contributed by atoms with Crippen LogP contribution in [0.2, 0.25) is 10.0 Å². The van der Waals surface area contributed by atoms with E-state index in [0.29, 0.717) is 46.3 Å². The zero-order valence-corrected chi connectivity index (χ0v) is 18.5. The van der Waals surface area contributed by atoms with Crippen molar-refractivity contribution < 1.29 is 14.3 Å². The van der Waals surface area contributed by atoms with E-state index in [9.17, 15) is 19.1 Å². The van der Waals surface area contributed by atoms with Gasteiger partial charge in [0, 0.05) is 13.6 Å². The number of hydrogen-bond donors (Lipinski definition) is 2. The Morgan fingerprint density at radius 1 is 1.13 bits per heavy atom. The standard InChI is InChI=1S/C23H21Cl2FN2O3/c1-13-10-15(6-8-19(13)26)20-12-16(21(29)23(31)28(20)2)22(30)27-9-3-4-14-5-7-17(24)18(25)11-14/h5-8,10-12,29H,3-4,9H2,1-2H3,(H,27,30). The molecule has 3 rings (SSSR count). The van der Waals surface area contributed by atoms with Crippen molar-refractivity contribution in [1.29, 1.82) is 0 Å². The zero-order chi connectivity index (χ0) is 22.7. The smallest absolute Gasteiger partial charge is 0.293 e. The van der Waals surface area contributed by atoms with Crippen LogP contribution in [0, 0.1) is 12.7 Å². The molecule has 1 heterocycles. The molecule has 0 saturated heterocycles. The normalized spacial score (nSPS) is 10.9. The van der Waals surface area contributed by atoms with Crippen molar-refractivity contribution in [3.8, 4) is 17.0 Å². The summed E-state index contributed by atoms with van der Waals surface area (Å²) in [5, 5.41) is 13.9. The molecule has 0 fully saturated rings. The van der Waals surface area contributed by atoms with E-state index < -0.39 is 17.2 Å². The van der Waals surface area contributed by atoms with Crippen molar-refractivity contribution in [2.45, 2.75) is 19.8 Å². The summed E-state index contributed by atoms with van der Waals surface area (Å²) in [6, 6.07) is 11.2. The monoisotopic (exact) mass is 462 g/mol. The van der Waals surface area contributed by atoms with E-state index in [4.69, 9.17) is 23.2 Å². The van der Waals surface area contributed by atoms with Crippen LogP contribution < -0.4 is 10.9 Å². The molecule has 8 heteroatoms. The van der Waals surface area contributed by atoms with E-state index in [1.807, 2.05) is 6.07 Å². The molecule has 0 aliphatic carbocycles. The number of aryl methyl sites for hydroxylation is 2. The number of amides is 1. The Labute approximate surface area is 189 Å². The van der Waals surface area contributed by atoms with Crippen LogP contribution in [-0.2, 0) is 13.5 Å². The van der Waals surface area contributed by atoms with Crippen LogP contribution >= 0.6 is 23.2 Å². The molecule has 0 aliphatic heterocycles. The van der Waals surface area contributed by atoms with Crippen LogP contribution in [0.25, 0.3) is 11.3 Å². The third-order valence-corrected chi connectivity index (χ3v) is 5.75. The lowest BCUT2D eigenvalue weighted by Gasteiger charge is -2.13. The summed E-state index contributed by atoms with van der Waals surface area (Å²) in [6.07, 6.45) is 1.29. The molecule has 3 aromatic rings. The molecule has 0 spiro atoms. The minimum Gasteiger partial charge on any atom is -0.502 e. The quantitative estimate of drug-likeness (QED) is 0.513. The Bertz CT molecular complexity index is 1210. The summed E-state index contributed by atoms with van der Waals surface area (Å²) in [6.45, 7) is 1.94. The van der Waals surface area contributed by atoms with Crippen LogP contribution in [0.15, 0.2) is 47.3 Å². The molecular weight excluding hydrogens is 442 g/mol. The van der Waals surface area contributed by atoms with E-state index in [1.54, 1.807) is 25.1 Å². The maximum absolute atomic E-state index is 13.6. The van der Waals surface area contributed by atoms with Crippen molar-refractivity contribution in [3.63, 3.8) is 0 Å². The van der Waals surface area contributed by atoms with E-state index in [2.05, 4.69) is 5.32 Å². The molecule has 0 saturated carbocycles. The topological polar surface area (TPSA) is 71.3 Å². The summed E-state index contributed by atoms with van der Waals surface area (Å²) in [5.41, 5.74) is 1.51. The lowest BCUT2D eigenvalue weighted by molar-refractivity contribution is 0.0950. The Morgan fingerprint density at radius 3 is 2.55 bits per heavy atom. The average Bonchev–Trinajstić information content (AvgIpc) is 2.74. The molecule has 0 bridgehead atoms. The highest BCUT2D eigenvalue weighted by Crippen LogP contribution is 2.25. The zero-order valence-electron chi connectivity index (χ0n) is 17.0. The highest BCUT2D eigenvalue weighted by atomic mass is 35.5. The molecule has 1 amide bonds. The fraction of sp³-hybridized carbons (Fsp3) is 0.217. The first kappa shape index (κ1) is 22.8. The molecule has 5 nitrogen and oxygen atoms in total. The maximum atomic E-state index is 13.6. The number of aromatic hydroxyl groups is 1. The first-order valence-electron chi connectivity index (χ1n) is 9.60. The van der Waals surface area contributed by atoms with Crippen LogP contribution in [0.4, 0.5) is 4.39 Å². The molecule has 162 valence electrons. The van der Waals surface area contributed by atoms with Crippen LogP contribution in [0.3, 0.4) is 0 Å². The Balaban J connectivity index is 1.75. The Hall–Kier alpha value is -2.83. The fourth-order valence-electron chi connectivity index (χ4n) is 3.22. The summed E-state index contributed by atoms with van der Waals surface area (Å²) in [5.74, 6) is -1.57. The third-order valence-electron chi connectivity index (χ3n) is 5.01. The van der Waals surface area contributed by atoms with Gasteiger partial charge in [-0.25, -0.2) is 4.39 Å². The summed E-state index contributed by atoms with van der Waals surface area (Å²) in [7, 11) is 1.48. The molecule has 31 heavy (non-hydrogen) atoms. The molecule has 1 aromatic heterocycles. The van der Waals surface area contributed by atoms with Crippen molar-refractivity contribution in [1.82, 2.24) is 9.88 Å². The molecule has 0 radical (unpaired) electrons. The number of pyridine rings is 1. The summed E-state index contributed by atoms with van der Waals surface area (Å²) < 4.78 is 14.8. The van der Waals surface area contributed by atoms with Gasteiger partial charge in [0.2, 0.25) is 0 Å². The first-order chi connectivity index (χ1) is 14.7. The van der Waals surface area contributed by atoms with Crippen molar-refractivity contribution >= 4 is 29.1 Å². The molecule has 2 N–H and O–H groups in total. The number of nitrogens with one attached hydrogen (secondary N) is 1. The van der Waals surface area contributed by atoms with E-state index in [0.717, 1.165) is 5.56 Å². The predicted molar refractivity (Wildman–Crippen MR) is 121 cm³/mol. The number of hydrogen-bond acceptors (Lipinski definition) is 3. The average molecular weight is 463 g/mol. The van der Waals surface area contributed by atoms with Gasteiger partial charge in [-0.1, -0.05) is 29.3 Å². The SMILES string of the molecule is Cc1cc(-c2cc(C(=O)NCCCc3ccc(Cl)c(Cl)c3)c(O)c(=O)n2C)ccc1F. The van der Waals surface area contributed by atoms with Crippen molar-refractivity contribution in [2.75, 3.05) is 6.54 Å². The lowest BCUT2D eigenvalue weighted by Crippen LogP contribution is -2.28. The number of benzene rings is 2. The second-order valence-electron chi connectivity index (χ2n) is 7.23. The van der Waals surface area contributed by atoms with Gasteiger partial charge >= 0.3 is 0 Å². The fourth-order valence-corrected chi connectivity index (χ4v) is 3.54. The number of nitrogens with zero attached hydrogens (tertiary/aromatic N) is 1. The predicted octanol–water partition coefficient (Wildman–Crippen LogP) is 4.87. The van der Waals surface area contributed by atoms with Crippen LogP contribution in [0.1, 0.15) is 27.9 Å². The van der Waals surface area contributed by atoms with E-state index in [1.165, 1.54) is 29.8 Å². The number of carbonyl (C=O) groups is 1. The number of aromatic nitrogens is 1. The van der Waals surface area contributed by atoms with E-state index in [-0.39, 0.29) is 11.4 Å². The Morgan fingerprint density at radius 2 is 1.87 bits per heavy atom. The third kappa shape index (κ3) is 5.09. The number of halogens is 3.